The van der Waals surface area contributed by atoms with Gasteiger partial charge in [0.05, 0.1) is 0 Å². The van der Waals surface area contributed by atoms with E-state index in [4.69, 9.17) is 4.42 Å². The van der Waals surface area contributed by atoms with Crippen LogP contribution in [0.3, 0.4) is 0 Å². The predicted molar refractivity (Wildman–Crippen MR) is 124 cm³/mol. The van der Waals surface area contributed by atoms with Crippen molar-refractivity contribution in [3.63, 3.8) is 0 Å². The molecule has 2 N–H and O–H groups in total. The maximum Gasteiger partial charge on any atom is 0.268 e. The summed E-state index contributed by atoms with van der Waals surface area (Å²) >= 11 is 0. The highest BCUT2D eigenvalue weighted by atomic mass is 16.3. The van der Waals surface area contributed by atoms with Crippen LogP contribution >= 0.6 is 0 Å². The van der Waals surface area contributed by atoms with Crippen molar-refractivity contribution in [1.29, 1.82) is 0 Å². The van der Waals surface area contributed by atoms with Crippen LogP contribution < -0.4 is 10.6 Å². The van der Waals surface area contributed by atoms with Gasteiger partial charge in [0.2, 0.25) is 0 Å². The number of rotatable bonds is 7. The number of carbonyl (C=O) groups is 2. The molecule has 0 bridgehead atoms. The van der Waals surface area contributed by atoms with Crippen LogP contribution in [0.1, 0.15) is 21.7 Å². The average Bonchev–Trinajstić information content (AvgIpc) is 3.32. The highest BCUT2D eigenvalue weighted by Gasteiger charge is 2.15. The summed E-state index contributed by atoms with van der Waals surface area (Å²) < 4.78 is 5.89. The molecule has 1 heterocycles. The summed E-state index contributed by atoms with van der Waals surface area (Å²) in [4.78, 5) is 25.6. The van der Waals surface area contributed by atoms with Gasteiger partial charge in [0.25, 0.3) is 11.8 Å². The van der Waals surface area contributed by atoms with E-state index in [0.717, 1.165) is 11.1 Å². The first-order valence-corrected chi connectivity index (χ1v) is 10.2. The molecule has 0 aliphatic rings. The Balaban J connectivity index is 1.57. The SMILES string of the molecule is O=C(NCc1ccccc1)C(=Cc1ccc(-c2ccccc2)o1)NC(=O)c1ccccc1. The lowest BCUT2D eigenvalue weighted by molar-refractivity contribution is -0.117. The molecule has 158 valence electrons. The fourth-order valence-electron chi connectivity index (χ4n) is 3.15. The monoisotopic (exact) mass is 422 g/mol. The van der Waals surface area contributed by atoms with Crippen molar-refractivity contribution in [2.75, 3.05) is 0 Å². The van der Waals surface area contributed by atoms with Gasteiger partial charge in [-0.2, -0.15) is 0 Å². The Morgan fingerprint density at radius 2 is 1.38 bits per heavy atom. The molecule has 5 nitrogen and oxygen atoms in total. The number of nitrogens with one attached hydrogen (secondary N) is 2. The van der Waals surface area contributed by atoms with E-state index in [2.05, 4.69) is 10.6 Å². The van der Waals surface area contributed by atoms with E-state index in [1.807, 2.05) is 72.8 Å². The Labute approximate surface area is 186 Å². The minimum atomic E-state index is -0.407. The smallest absolute Gasteiger partial charge is 0.268 e. The van der Waals surface area contributed by atoms with Crippen LogP contribution in [0.4, 0.5) is 0 Å². The van der Waals surface area contributed by atoms with Gasteiger partial charge >= 0.3 is 0 Å². The lowest BCUT2D eigenvalue weighted by Gasteiger charge is -2.11. The molecular weight excluding hydrogens is 400 g/mol. The van der Waals surface area contributed by atoms with E-state index < -0.39 is 5.91 Å². The summed E-state index contributed by atoms with van der Waals surface area (Å²) in [5.74, 6) is 0.356. The molecule has 4 aromatic rings. The lowest BCUT2D eigenvalue weighted by atomic mass is 10.2. The van der Waals surface area contributed by atoms with Crippen molar-refractivity contribution in [3.05, 3.63) is 126 Å². The van der Waals surface area contributed by atoms with Gasteiger partial charge in [-0.15, -0.1) is 0 Å². The van der Waals surface area contributed by atoms with Crippen LogP contribution in [0.25, 0.3) is 17.4 Å². The summed E-state index contributed by atoms with van der Waals surface area (Å²) in [5, 5.41) is 5.57. The number of amides is 2. The van der Waals surface area contributed by atoms with E-state index in [-0.39, 0.29) is 11.6 Å². The Bertz CT molecular complexity index is 1210. The van der Waals surface area contributed by atoms with E-state index in [1.165, 1.54) is 6.08 Å². The van der Waals surface area contributed by atoms with Crippen LogP contribution in [0.2, 0.25) is 0 Å². The average molecular weight is 422 g/mol. The molecule has 32 heavy (non-hydrogen) atoms. The van der Waals surface area contributed by atoms with Gasteiger partial charge in [0.1, 0.15) is 17.2 Å². The van der Waals surface area contributed by atoms with Crippen molar-refractivity contribution in [2.24, 2.45) is 0 Å². The first kappa shape index (κ1) is 20.9. The largest absolute Gasteiger partial charge is 0.457 e. The molecule has 0 atom stereocenters. The Morgan fingerprint density at radius 1 is 0.750 bits per heavy atom. The minimum absolute atomic E-state index is 0.101. The summed E-state index contributed by atoms with van der Waals surface area (Å²) in [6.07, 6.45) is 1.54. The van der Waals surface area contributed by atoms with E-state index in [9.17, 15) is 9.59 Å². The fourth-order valence-corrected chi connectivity index (χ4v) is 3.15. The van der Waals surface area contributed by atoms with Crippen molar-refractivity contribution >= 4 is 17.9 Å². The molecule has 4 rings (SSSR count). The molecule has 2 amide bonds. The van der Waals surface area contributed by atoms with Gasteiger partial charge in [-0.1, -0.05) is 78.9 Å². The number of carbonyl (C=O) groups excluding carboxylic acids is 2. The quantitative estimate of drug-likeness (QED) is 0.410. The topological polar surface area (TPSA) is 71.3 Å². The standard InChI is InChI=1S/C27H22N2O3/c30-26(22-14-8-3-9-15-22)29-24(27(31)28-19-20-10-4-1-5-11-20)18-23-16-17-25(32-23)21-12-6-2-7-13-21/h1-18H,19H2,(H,28,31)(H,29,30). The Morgan fingerprint density at radius 3 is 2.06 bits per heavy atom. The molecule has 0 saturated carbocycles. The third-order valence-corrected chi connectivity index (χ3v) is 4.80. The summed E-state index contributed by atoms with van der Waals surface area (Å²) in [5.41, 5.74) is 2.44. The summed E-state index contributed by atoms with van der Waals surface area (Å²) in [6.45, 7) is 0.339. The van der Waals surface area contributed by atoms with Gasteiger partial charge in [0, 0.05) is 23.7 Å². The van der Waals surface area contributed by atoms with Gasteiger partial charge in [0.15, 0.2) is 0 Å². The maximum absolute atomic E-state index is 12.9. The molecule has 0 fully saturated rings. The predicted octanol–water partition coefficient (Wildman–Crippen LogP) is 5.03. The summed E-state index contributed by atoms with van der Waals surface area (Å²) in [7, 11) is 0. The number of hydrogen-bond donors (Lipinski definition) is 2. The van der Waals surface area contributed by atoms with Crippen LogP contribution in [0.5, 0.6) is 0 Å². The second-order valence-electron chi connectivity index (χ2n) is 7.11. The number of benzene rings is 3. The van der Waals surface area contributed by atoms with Crippen molar-refractivity contribution in [2.45, 2.75) is 6.54 Å². The molecule has 0 saturated heterocycles. The molecule has 0 unspecified atom stereocenters. The van der Waals surface area contributed by atoms with Crippen molar-refractivity contribution < 1.29 is 14.0 Å². The van der Waals surface area contributed by atoms with Crippen LogP contribution in [-0.4, -0.2) is 11.8 Å². The highest BCUT2D eigenvalue weighted by Crippen LogP contribution is 2.23. The van der Waals surface area contributed by atoms with Crippen molar-refractivity contribution in [1.82, 2.24) is 10.6 Å². The zero-order valence-corrected chi connectivity index (χ0v) is 17.3. The van der Waals surface area contributed by atoms with Crippen LogP contribution in [0.15, 0.2) is 113 Å². The second-order valence-corrected chi connectivity index (χ2v) is 7.11. The van der Waals surface area contributed by atoms with E-state index in [1.54, 1.807) is 30.3 Å². The third-order valence-electron chi connectivity index (χ3n) is 4.80. The Kier molecular flexibility index (Phi) is 6.58. The normalized spacial score (nSPS) is 11.1. The Hall–Kier alpha value is -4.38. The van der Waals surface area contributed by atoms with Crippen LogP contribution in [0, 0.1) is 0 Å². The van der Waals surface area contributed by atoms with Gasteiger partial charge in [-0.3, -0.25) is 9.59 Å². The first-order chi connectivity index (χ1) is 15.7. The number of hydrogen-bond acceptors (Lipinski definition) is 3. The fraction of sp³-hybridized carbons (Fsp3) is 0.0370. The highest BCUT2D eigenvalue weighted by molar-refractivity contribution is 6.05. The van der Waals surface area contributed by atoms with Gasteiger partial charge in [-0.05, 0) is 29.8 Å². The van der Waals surface area contributed by atoms with Gasteiger partial charge < -0.3 is 15.1 Å². The third kappa shape index (κ3) is 5.40. The zero-order chi connectivity index (χ0) is 22.2. The molecule has 0 radical (unpaired) electrons. The van der Waals surface area contributed by atoms with Crippen LogP contribution in [-0.2, 0) is 11.3 Å². The molecule has 0 spiro atoms. The molecular formula is C27H22N2O3. The second kappa shape index (κ2) is 10.1. The number of furan rings is 1. The molecule has 0 aliphatic carbocycles. The first-order valence-electron chi connectivity index (χ1n) is 10.2. The molecule has 3 aromatic carbocycles. The summed E-state index contributed by atoms with van der Waals surface area (Å²) in [6, 6.07) is 31.6. The molecule has 0 aliphatic heterocycles. The minimum Gasteiger partial charge on any atom is -0.457 e. The molecule has 1 aromatic heterocycles. The zero-order valence-electron chi connectivity index (χ0n) is 17.3. The van der Waals surface area contributed by atoms with Gasteiger partial charge in [-0.25, -0.2) is 0 Å². The van der Waals surface area contributed by atoms with Crippen molar-refractivity contribution in [3.8, 4) is 11.3 Å². The van der Waals surface area contributed by atoms with E-state index >= 15 is 0 Å². The maximum atomic E-state index is 12.9. The molecule has 5 heteroatoms. The van der Waals surface area contributed by atoms with E-state index in [0.29, 0.717) is 23.6 Å². The lowest BCUT2D eigenvalue weighted by Crippen LogP contribution is -2.34.